The molecule has 0 heterocycles. The van der Waals surface area contributed by atoms with Gasteiger partial charge in [-0.3, -0.25) is 0 Å². The average molecular weight is 226 g/mol. The van der Waals surface area contributed by atoms with Crippen LogP contribution in [0, 0.1) is 0 Å². The summed E-state index contributed by atoms with van der Waals surface area (Å²) in [4.78, 5) is 50.9. The first kappa shape index (κ1) is 22.7. The van der Waals surface area contributed by atoms with E-state index < -0.39 is 17.2 Å². The summed E-state index contributed by atoms with van der Waals surface area (Å²) in [6.45, 7) is 0. The molecule has 0 aromatic carbocycles. The molecule has 0 unspecified atom stereocenters. The summed E-state index contributed by atoms with van der Waals surface area (Å²) in [5.74, 6) is 0. The molecule has 0 rings (SSSR count). The Morgan fingerprint density at radius 1 is 0.600 bits per heavy atom. The van der Waals surface area contributed by atoms with E-state index in [9.17, 15) is 0 Å². The molecule has 0 atom stereocenters. The van der Waals surface area contributed by atoms with Gasteiger partial charge in [0.25, 0.3) is 0 Å². The first-order valence-corrected chi connectivity index (χ1v) is 3.29. The summed E-state index contributed by atoms with van der Waals surface area (Å²) >= 11 is 0. The Kier molecular flexibility index (Phi) is 39.2. The zero-order valence-electron chi connectivity index (χ0n) is 4.55. The fraction of sp³-hybridized carbons (Fsp3) is 0. The fourth-order valence-electron chi connectivity index (χ4n) is 0. The largest absolute Gasteiger partial charge is 4.00 e. The maximum atomic E-state index is 8.48. The molecule has 0 bridgehead atoms. The van der Waals surface area contributed by atoms with Crippen molar-refractivity contribution in [3.63, 3.8) is 0 Å². The van der Waals surface area contributed by atoms with Crippen LogP contribution in [0.15, 0.2) is 0 Å². The maximum Gasteiger partial charge on any atom is 4.00 e. The van der Waals surface area contributed by atoms with Crippen LogP contribution in [0.4, 0.5) is 0 Å². The Morgan fingerprint density at radius 2 is 0.600 bits per heavy atom. The zero-order chi connectivity index (χ0) is 7.15. The Hall–Kier alpha value is 2.10. The van der Waals surface area contributed by atoms with Crippen molar-refractivity contribution in [3.8, 4) is 0 Å². The molecule has 0 amide bonds. The Balaban J connectivity index is -0.0000000300. The topological polar surface area (TPSA) is 138 Å². The molecule has 0 N–H and O–H groups in total. The molecule has 0 aliphatic rings. The molecule has 10 heavy (non-hydrogen) atoms. The van der Waals surface area contributed by atoms with Crippen LogP contribution >= 0.6 is 17.2 Å². The van der Waals surface area contributed by atoms with Crippen LogP contribution in [-0.2, 0) is 0 Å². The molecule has 0 aliphatic carbocycles. The summed E-state index contributed by atoms with van der Waals surface area (Å²) < 4.78 is 0. The third kappa shape index (κ3) is 190. The molecule has 52 valence electrons. The van der Waals surface area contributed by atoms with Gasteiger partial charge in [0.2, 0.25) is 0 Å². The predicted octanol–water partition coefficient (Wildman–Crippen LogP) is -6.17. The van der Waals surface area contributed by atoms with Gasteiger partial charge in [-0.25, -0.2) is 0 Å². The van der Waals surface area contributed by atoms with Crippen molar-refractivity contribution in [2.24, 2.45) is 0 Å². The van der Waals surface area contributed by atoms with Crippen LogP contribution < -0.4 is 29.4 Å². The van der Waals surface area contributed by atoms with Gasteiger partial charge >= 0.3 is 48.7 Å². The van der Waals surface area contributed by atoms with E-state index in [1.54, 1.807) is 0 Å². The quantitative estimate of drug-likeness (QED) is 0.297. The smallest absolute Gasteiger partial charge is 0.854 e. The van der Waals surface area contributed by atoms with Gasteiger partial charge in [-0.2, -0.15) is 0 Å². The molecule has 0 aromatic heterocycles. The van der Waals surface area contributed by atoms with E-state index in [-0.39, 0.29) is 48.7 Å². The number of hydrogen-bond donors (Lipinski definition) is 0. The molecule has 0 aromatic rings. The van der Waals surface area contributed by atoms with E-state index in [1.807, 2.05) is 0 Å². The summed E-state index contributed by atoms with van der Waals surface area (Å²) in [6, 6.07) is 0. The summed E-state index contributed by atoms with van der Waals surface area (Å²) in [5.41, 5.74) is 0. The van der Waals surface area contributed by atoms with E-state index in [2.05, 4.69) is 0 Å². The number of rotatable bonds is 0. The summed E-state index contributed by atoms with van der Waals surface area (Å²) in [6.07, 6.45) is 0. The van der Waals surface area contributed by atoms with E-state index in [0.29, 0.717) is 0 Å². The monoisotopic (exact) mass is 226 g/mol. The zero-order valence-corrected chi connectivity index (χ0v) is 9.55. The average Bonchev–Trinajstić information content (AvgIpc) is 1.25. The molecular formula is CaO6P2Si. The van der Waals surface area contributed by atoms with E-state index in [0.717, 1.165) is 0 Å². The first-order chi connectivity index (χ1) is 3.46. The first-order valence-electron chi connectivity index (χ1n) is 1.10. The molecule has 0 saturated heterocycles. The Morgan fingerprint density at radius 3 is 0.600 bits per heavy atom. The minimum Gasteiger partial charge on any atom is -0.854 e. The van der Waals surface area contributed by atoms with Gasteiger partial charge in [-0.15, -0.1) is 0 Å². The van der Waals surface area contributed by atoms with Gasteiger partial charge in [-0.05, 0) is 0 Å². The van der Waals surface area contributed by atoms with E-state index in [4.69, 9.17) is 29.4 Å². The second-order valence-corrected chi connectivity index (χ2v) is 1.34. The molecule has 6 nitrogen and oxygen atoms in total. The summed E-state index contributed by atoms with van der Waals surface area (Å²) in [7, 11) is -6.74. The van der Waals surface area contributed by atoms with Crippen molar-refractivity contribution in [2.45, 2.75) is 0 Å². The van der Waals surface area contributed by atoms with Crippen molar-refractivity contribution >= 4 is 65.9 Å². The van der Waals surface area contributed by atoms with Crippen molar-refractivity contribution in [3.05, 3.63) is 0 Å². The summed E-state index contributed by atoms with van der Waals surface area (Å²) in [5, 5.41) is 0. The molecular weight excluding hydrogens is 226 g/mol. The van der Waals surface area contributed by atoms with Crippen molar-refractivity contribution in [2.75, 3.05) is 0 Å². The minimum absolute atomic E-state index is 0. The van der Waals surface area contributed by atoms with Gasteiger partial charge in [0, 0.05) is 0 Å². The van der Waals surface area contributed by atoms with Crippen LogP contribution in [-0.4, -0.2) is 48.7 Å². The van der Waals surface area contributed by atoms with Crippen LogP contribution in [0.2, 0.25) is 0 Å². The van der Waals surface area contributed by atoms with Crippen LogP contribution in [0.5, 0.6) is 0 Å². The molecule has 0 spiro atoms. The maximum absolute atomic E-state index is 8.48. The second kappa shape index (κ2) is 17.3. The van der Waals surface area contributed by atoms with Crippen LogP contribution in [0.25, 0.3) is 0 Å². The molecule has 0 saturated carbocycles. The van der Waals surface area contributed by atoms with Crippen molar-refractivity contribution in [1.29, 1.82) is 0 Å². The third-order valence-electron chi connectivity index (χ3n) is 0. The number of hydrogen-bond acceptors (Lipinski definition) is 6. The SMILES string of the molecule is [Ca+2].[O-]P([O-])[O-].[O-]P([O-])[O-].[Si+4]. The van der Waals surface area contributed by atoms with Gasteiger partial charge in [-0.1, -0.05) is 0 Å². The van der Waals surface area contributed by atoms with Gasteiger partial charge in [0.1, 0.15) is 0 Å². The van der Waals surface area contributed by atoms with Crippen LogP contribution in [0.3, 0.4) is 0 Å². The van der Waals surface area contributed by atoms with Gasteiger partial charge < -0.3 is 46.6 Å². The van der Waals surface area contributed by atoms with Crippen molar-refractivity contribution < 1.29 is 29.4 Å². The third-order valence-corrected chi connectivity index (χ3v) is 0. The second-order valence-electron chi connectivity index (χ2n) is 0.447. The van der Waals surface area contributed by atoms with Crippen molar-refractivity contribution in [1.82, 2.24) is 0 Å². The van der Waals surface area contributed by atoms with Gasteiger partial charge in [0.05, 0.1) is 0 Å². The standard InChI is InChI=1S/Ca.2O3P.Si/c;2*1-4(2)3;/q+2;2*-3;+4. The fourth-order valence-corrected chi connectivity index (χ4v) is 0. The molecule has 0 fully saturated rings. The van der Waals surface area contributed by atoms with E-state index in [1.165, 1.54) is 0 Å². The Bertz CT molecular complexity index is 31.2. The van der Waals surface area contributed by atoms with Gasteiger partial charge in [0.15, 0.2) is 0 Å². The molecule has 10 heteroatoms. The molecule has 0 aliphatic heterocycles. The molecule has 0 radical (unpaired) electrons. The van der Waals surface area contributed by atoms with E-state index >= 15 is 0 Å². The predicted molar refractivity (Wildman–Crippen MR) is 25.3 cm³/mol. The Labute approximate surface area is 94.6 Å². The normalized spacial score (nSPS) is 7.20. The minimum atomic E-state index is -3.37. The van der Waals surface area contributed by atoms with Crippen LogP contribution in [0.1, 0.15) is 0 Å².